The molecule has 0 spiro atoms. The second kappa shape index (κ2) is 25.7. The Bertz CT molecular complexity index is 1690. The average molecular weight is 781 g/mol. The van der Waals surface area contributed by atoms with Gasteiger partial charge in [-0.2, -0.15) is 0 Å². The number of benzene rings is 3. The SMILES string of the molecule is CCCOCCOCCOCCOCCOc1ccc(-c2ccc([C@H](CC(=O)O)NC(=O)CNC(=O)[C@H](CCCNC(=N)N)NC(C)=O)cc2)c2ccccc12. The Labute approximate surface area is 327 Å². The number of nitrogens with two attached hydrogens (primary N) is 1. The Morgan fingerprint density at radius 2 is 1.38 bits per heavy atom. The number of carbonyl (C=O) groups is 4. The van der Waals surface area contributed by atoms with E-state index in [1.54, 1.807) is 12.1 Å². The number of carboxylic acid groups (broad SMARTS) is 1. The van der Waals surface area contributed by atoms with Gasteiger partial charge >= 0.3 is 5.97 Å². The number of nitrogens with one attached hydrogen (secondary N) is 5. The van der Waals surface area contributed by atoms with E-state index >= 15 is 0 Å². The first kappa shape index (κ1) is 45.1. The highest BCUT2D eigenvalue weighted by Gasteiger charge is 2.22. The molecule has 0 heterocycles. The maximum atomic E-state index is 12.9. The molecule has 0 saturated heterocycles. The first-order chi connectivity index (χ1) is 27.1. The molecular formula is C40H56N6O10. The highest BCUT2D eigenvalue weighted by Crippen LogP contribution is 2.35. The summed E-state index contributed by atoms with van der Waals surface area (Å²) >= 11 is 0. The van der Waals surface area contributed by atoms with E-state index < -0.39 is 42.3 Å². The summed E-state index contributed by atoms with van der Waals surface area (Å²) in [6.45, 7) is 7.77. The molecule has 8 N–H and O–H groups in total. The lowest BCUT2D eigenvalue weighted by atomic mass is 9.95. The fourth-order valence-corrected chi connectivity index (χ4v) is 5.67. The van der Waals surface area contributed by atoms with Crippen LogP contribution in [0.5, 0.6) is 5.75 Å². The molecule has 3 rings (SSSR count). The number of rotatable bonds is 28. The number of ether oxygens (including phenoxy) is 5. The number of fused-ring (bicyclic) bond motifs is 1. The largest absolute Gasteiger partial charge is 0.491 e. The summed E-state index contributed by atoms with van der Waals surface area (Å²) in [6.07, 6.45) is 1.28. The molecule has 306 valence electrons. The van der Waals surface area contributed by atoms with Gasteiger partial charge in [-0.1, -0.05) is 61.5 Å². The van der Waals surface area contributed by atoms with Crippen molar-refractivity contribution in [2.45, 2.75) is 51.6 Å². The number of carboxylic acids is 1. The Morgan fingerprint density at radius 1 is 0.768 bits per heavy atom. The smallest absolute Gasteiger partial charge is 0.305 e. The molecule has 3 aromatic rings. The number of guanidine groups is 1. The Balaban J connectivity index is 1.53. The summed E-state index contributed by atoms with van der Waals surface area (Å²) in [6, 6.07) is 17.2. The molecule has 16 nitrogen and oxygen atoms in total. The van der Waals surface area contributed by atoms with Crippen molar-refractivity contribution in [2.75, 3.05) is 72.6 Å². The molecule has 0 aliphatic rings. The minimum atomic E-state index is -1.11. The monoisotopic (exact) mass is 780 g/mol. The summed E-state index contributed by atoms with van der Waals surface area (Å²) < 4.78 is 28.1. The van der Waals surface area contributed by atoms with Gasteiger partial charge in [0.25, 0.3) is 0 Å². The van der Waals surface area contributed by atoms with Gasteiger partial charge in [0, 0.05) is 25.5 Å². The van der Waals surface area contributed by atoms with E-state index in [1.807, 2.05) is 48.5 Å². The Kier molecular flexibility index (Phi) is 20.7. The van der Waals surface area contributed by atoms with Crippen LogP contribution in [0.4, 0.5) is 0 Å². The molecule has 0 saturated carbocycles. The minimum absolute atomic E-state index is 0.209. The number of hydrogen-bond acceptors (Lipinski definition) is 10. The minimum Gasteiger partial charge on any atom is -0.491 e. The lowest BCUT2D eigenvalue weighted by Gasteiger charge is -2.20. The van der Waals surface area contributed by atoms with E-state index in [0.29, 0.717) is 77.1 Å². The van der Waals surface area contributed by atoms with Crippen LogP contribution in [0.15, 0.2) is 60.7 Å². The second-order valence-electron chi connectivity index (χ2n) is 12.7. The average Bonchev–Trinajstić information content (AvgIpc) is 3.17. The number of amides is 3. The highest BCUT2D eigenvalue weighted by molar-refractivity contribution is 6.00. The number of aliphatic carboxylic acids is 1. The van der Waals surface area contributed by atoms with Crippen molar-refractivity contribution in [3.63, 3.8) is 0 Å². The third kappa shape index (κ3) is 17.0. The maximum absolute atomic E-state index is 12.9. The van der Waals surface area contributed by atoms with Crippen LogP contribution in [0.1, 0.15) is 51.1 Å². The van der Waals surface area contributed by atoms with Crippen LogP contribution < -0.4 is 31.7 Å². The maximum Gasteiger partial charge on any atom is 0.305 e. The fraction of sp³-hybridized carbons (Fsp3) is 0.475. The van der Waals surface area contributed by atoms with Crippen LogP contribution in [0.2, 0.25) is 0 Å². The summed E-state index contributed by atoms with van der Waals surface area (Å²) in [4.78, 5) is 49.1. The lowest BCUT2D eigenvalue weighted by Crippen LogP contribution is -2.49. The number of hydrogen-bond donors (Lipinski definition) is 7. The van der Waals surface area contributed by atoms with Gasteiger partial charge < -0.3 is 55.8 Å². The molecule has 0 aromatic heterocycles. The fourth-order valence-electron chi connectivity index (χ4n) is 5.67. The molecule has 16 heteroatoms. The quantitative estimate of drug-likeness (QED) is 0.0320. The highest BCUT2D eigenvalue weighted by atomic mass is 16.6. The first-order valence-corrected chi connectivity index (χ1v) is 18.8. The molecule has 0 fully saturated rings. The van der Waals surface area contributed by atoms with Gasteiger partial charge in [0.15, 0.2) is 5.96 Å². The molecule has 0 bridgehead atoms. The van der Waals surface area contributed by atoms with Crippen LogP contribution in [-0.4, -0.2) is 113 Å². The van der Waals surface area contributed by atoms with Crippen LogP contribution >= 0.6 is 0 Å². The molecule has 0 aliphatic carbocycles. The molecule has 3 aromatic carbocycles. The molecule has 0 unspecified atom stereocenters. The van der Waals surface area contributed by atoms with Crippen LogP contribution in [0, 0.1) is 5.41 Å². The first-order valence-electron chi connectivity index (χ1n) is 18.8. The normalized spacial score (nSPS) is 12.0. The molecule has 0 aliphatic heterocycles. The van der Waals surface area contributed by atoms with Crippen LogP contribution in [0.3, 0.4) is 0 Å². The van der Waals surface area contributed by atoms with Crippen molar-refractivity contribution < 1.29 is 48.0 Å². The van der Waals surface area contributed by atoms with Crippen molar-refractivity contribution in [3.8, 4) is 16.9 Å². The molecule has 56 heavy (non-hydrogen) atoms. The van der Waals surface area contributed by atoms with Gasteiger partial charge in [-0.25, -0.2) is 0 Å². The van der Waals surface area contributed by atoms with Gasteiger partial charge in [0.2, 0.25) is 17.7 Å². The van der Waals surface area contributed by atoms with E-state index in [-0.39, 0.29) is 18.8 Å². The van der Waals surface area contributed by atoms with Crippen molar-refractivity contribution in [2.24, 2.45) is 5.73 Å². The van der Waals surface area contributed by atoms with Crippen molar-refractivity contribution in [1.29, 1.82) is 5.41 Å². The van der Waals surface area contributed by atoms with Gasteiger partial charge in [-0.3, -0.25) is 24.6 Å². The van der Waals surface area contributed by atoms with Gasteiger partial charge in [-0.05, 0) is 47.4 Å². The molecular weight excluding hydrogens is 724 g/mol. The van der Waals surface area contributed by atoms with Crippen LogP contribution in [0.25, 0.3) is 21.9 Å². The van der Waals surface area contributed by atoms with E-state index in [2.05, 4.69) is 28.2 Å². The summed E-state index contributed by atoms with van der Waals surface area (Å²) in [5.74, 6) is -2.20. The van der Waals surface area contributed by atoms with Gasteiger partial charge in [0.1, 0.15) is 18.4 Å². The lowest BCUT2D eigenvalue weighted by molar-refractivity contribution is -0.138. The predicted octanol–water partition coefficient (Wildman–Crippen LogP) is 2.88. The summed E-state index contributed by atoms with van der Waals surface area (Å²) in [5.41, 5.74) is 7.67. The Morgan fingerprint density at radius 3 is 1.96 bits per heavy atom. The third-order valence-electron chi connectivity index (χ3n) is 8.27. The van der Waals surface area contributed by atoms with Crippen molar-refractivity contribution >= 4 is 40.4 Å². The topological polar surface area (TPSA) is 233 Å². The summed E-state index contributed by atoms with van der Waals surface area (Å²) in [5, 5.41) is 29.1. The van der Waals surface area contributed by atoms with Gasteiger partial charge in [0.05, 0.1) is 65.3 Å². The zero-order chi connectivity index (χ0) is 40.5. The third-order valence-corrected chi connectivity index (χ3v) is 8.27. The Hall–Kier alpha value is -5.29. The predicted molar refractivity (Wildman–Crippen MR) is 211 cm³/mol. The van der Waals surface area contributed by atoms with Crippen LogP contribution in [-0.2, 0) is 38.1 Å². The molecule has 3 amide bonds. The van der Waals surface area contributed by atoms with Crippen molar-refractivity contribution in [3.05, 3.63) is 66.2 Å². The number of carbonyl (C=O) groups excluding carboxylic acids is 3. The summed E-state index contributed by atoms with van der Waals surface area (Å²) in [7, 11) is 0. The van der Waals surface area contributed by atoms with Gasteiger partial charge in [-0.15, -0.1) is 0 Å². The van der Waals surface area contributed by atoms with E-state index in [1.165, 1.54) is 6.92 Å². The molecule has 0 radical (unpaired) electrons. The second-order valence-corrected chi connectivity index (χ2v) is 12.7. The van der Waals surface area contributed by atoms with E-state index in [4.69, 9.17) is 34.8 Å². The van der Waals surface area contributed by atoms with E-state index in [9.17, 15) is 24.3 Å². The van der Waals surface area contributed by atoms with Crippen molar-refractivity contribution in [1.82, 2.24) is 21.3 Å². The van der Waals surface area contributed by atoms with E-state index in [0.717, 1.165) is 34.9 Å². The molecule has 2 atom stereocenters. The zero-order valence-corrected chi connectivity index (χ0v) is 32.2. The standard InChI is InChI=1S/C40H56N6O10/c1-3-17-52-18-19-53-20-21-54-22-23-55-24-25-56-36-15-14-31(32-7-4-5-8-33(32)36)29-10-12-30(13-11-29)35(26-38(49)50)46-37(48)27-44-39(51)34(45-28(2)47)9-6-16-43-40(41)42/h4-5,7-8,10-15,34-35H,3,6,9,16-27H2,1-2H3,(H,44,51)(H,45,47)(H,46,48)(H,49,50)(H4,41,42,43)/t34-,35-/m0/s1. The zero-order valence-electron chi connectivity index (χ0n) is 32.2.